The molecule has 0 aliphatic carbocycles. The van der Waals surface area contributed by atoms with Gasteiger partial charge in [0.25, 0.3) is 0 Å². The highest BCUT2D eigenvalue weighted by Crippen LogP contribution is 2.50. The third-order valence-corrected chi connectivity index (χ3v) is 4.62. The topological polar surface area (TPSA) is 12.5 Å². The van der Waals surface area contributed by atoms with Crippen molar-refractivity contribution in [1.29, 1.82) is 0 Å². The maximum absolute atomic E-state index is 6.03. The van der Waals surface area contributed by atoms with Crippen LogP contribution in [0.25, 0.3) is 0 Å². The number of hydrogen-bond acceptors (Lipinski definition) is 2. The lowest BCUT2D eigenvalue weighted by Crippen LogP contribution is -2.15. The molecule has 0 atom stereocenters. The summed E-state index contributed by atoms with van der Waals surface area (Å²) in [6, 6.07) is 22.6. The van der Waals surface area contributed by atoms with Gasteiger partial charge in [0.05, 0.1) is 11.4 Å². The van der Waals surface area contributed by atoms with Gasteiger partial charge in [-0.2, -0.15) is 0 Å². The SMILES string of the molecule is Brc1cc(I)cc(N2c3ccccc3Oc3ccccc32)c1. The molecule has 4 rings (SSSR count). The van der Waals surface area contributed by atoms with Gasteiger partial charge in [-0.15, -0.1) is 0 Å². The Morgan fingerprint density at radius 3 is 2.00 bits per heavy atom. The molecule has 0 amide bonds. The third kappa shape index (κ3) is 2.40. The van der Waals surface area contributed by atoms with Gasteiger partial charge in [0.1, 0.15) is 0 Å². The molecule has 22 heavy (non-hydrogen) atoms. The van der Waals surface area contributed by atoms with E-state index >= 15 is 0 Å². The van der Waals surface area contributed by atoms with Crippen LogP contribution in [0.4, 0.5) is 17.1 Å². The number of halogens is 2. The Morgan fingerprint density at radius 2 is 1.41 bits per heavy atom. The highest BCUT2D eigenvalue weighted by molar-refractivity contribution is 14.1. The predicted octanol–water partition coefficient (Wildman–Crippen LogP) is 6.63. The molecule has 1 aliphatic heterocycles. The lowest BCUT2D eigenvalue weighted by Gasteiger charge is -2.32. The Bertz CT molecular complexity index is 799. The maximum Gasteiger partial charge on any atom is 0.151 e. The second-order valence-corrected chi connectivity index (χ2v) is 7.16. The highest BCUT2D eigenvalue weighted by Gasteiger charge is 2.25. The van der Waals surface area contributed by atoms with Gasteiger partial charge in [0.15, 0.2) is 11.5 Å². The van der Waals surface area contributed by atoms with Crippen LogP contribution in [0.15, 0.2) is 71.2 Å². The molecule has 0 N–H and O–H groups in total. The molecule has 0 unspecified atom stereocenters. The van der Waals surface area contributed by atoms with E-state index in [1.165, 1.54) is 3.57 Å². The molecule has 1 aliphatic rings. The van der Waals surface area contributed by atoms with E-state index in [0.717, 1.165) is 33.0 Å². The monoisotopic (exact) mass is 463 g/mol. The van der Waals surface area contributed by atoms with E-state index in [-0.39, 0.29) is 0 Å². The summed E-state index contributed by atoms with van der Waals surface area (Å²) < 4.78 is 8.28. The first kappa shape index (κ1) is 14.1. The van der Waals surface area contributed by atoms with Crippen LogP contribution < -0.4 is 9.64 Å². The van der Waals surface area contributed by atoms with Gasteiger partial charge in [0, 0.05) is 13.7 Å². The predicted molar refractivity (Wildman–Crippen MR) is 102 cm³/mol. The first-order valence-electron chi connectivity index (χ1n) is 6.84. The number of nitrogens with zero attached hydrogens (tertiary/aromatic N) is 1. The number of para-hydroxylation sites is 4. The first-order valence-corrected chi connectivity index (χ1v) is 8.72. The summed E-state index contributed by atoms with van der Waals surface area (Å²) in [5.41, 5.74) is 3.21. The second kappa shape index (κ2) is 5.59. The molecule has 0 bridgehead atoms. The van der Waals surface area contributed by atoms with Crippen LogP contribution in [0.5, 0.6) is 11.5 Å². The Labute approximate surface area is 151 Å². The van der Waals surface area contributed by atoms with Crippen molar-refractivity contribution >= 4 is 55.6 Å². The molecule has 3 aromatic rings. The van der Waals surface area contributed by atoms with E-state index in [1.54, 1.807) is 0 Å². The standard InChI is InChI=1S/C18H11BrINO/c19-12-9-13(20)11-14(10-12)21-15-5-1-3-7-17(15)22-18-8-4-2-6-16(18)21/h1-11H. The van der Waals surface area contributed by atoms with E-state index < -0.39 is 0 Å². The van der Waals surface area contributed by atoms with Crippen molar-refractivity contribution < 1.29 is 4.74 Å². The first-order chi connectivity index (χ1) is 10.7. The minimum absolute atomic E-state index is 0.871. The summed E-state index contributed by atoms with van der Waals surface area (Å²) in [6.45, 7) is 0. The average molecular weight is 464 g/mol. The minimum atomic E-state index is 0.871. The Morgan fingerprint density at radius 1 is 0.818 bits per heavy atom. The zero-order chi connectivity index (χ0) is 15.1. The van der Waals surface area contributed by atoms with E-state index in [0.29, 0.717) is 0 Å². The summed E-state index contributed by atoms with van der Waals surface area (Å²) in [5, 5.41) is 0. The van der Waals surface area contributed by atoms with Gasteiger partial charge in [-0.1, -0.05) is 40.2 Å². The number of fused-ring (bicyclic) bond motifs is 2. The Hall–Kier alpha value is -1.53. The zero-order valence-electron chi connectivity index (χ0n) is 11.5. The Kier molecular flexibility index (Phi) is 3.58. The highest BCUT2D eigenvalue weighted by atomic mass is 127. The van der Waals surface area contributed by atoms with E-state index in [1.807, 2.05) is 36.4 Å². The molecule has 0 radical (unpaired) electrons. The van der Waals surface area contributed by atoms with Crippen LogP contribution in [0.3, 0.4) is 0 Å². The van der Waals surface area contributed by atoms with Crippen LogP contribution in [-0.2, 0) is 0 Å². The second-order valence-electron chi connectivity index (χ2n) is 5.00. The van der Waals surface area contributed by atoms with Crippen molar-refractivity contribution in [2.75, 3.05) is 4.90 Å². The van der Waals surface area contributed by atoms with E-state index in [9.17, 15) is 0 Å². The van der Waals surface area contributed by atoms with Crippen molar-refractivity contribution in [1.82, 2.24) is 0 Å². The third-order valence-electron chi connectivity index (χ3n) is 3.54. The molecule has 0 spiro atoms. The van der Waals surface area contributed by atoms with Gasteiger partial charge in [-0.3, -0.25) is 0 Å². The minimum Gasteiger partial charge on any atom is -0.453 e. The van der Waals surface area contributed by atoms with Crippen molar-refractivity contribution in [3.63, 3.8) is 0 Å². The fourth-order valence-electron chi connectivity index (χ4n) is 2.65. The van der Waals surface area contributed by atoms with Gasteiger partial charge in [-0.25, -0.2) is 0 Å². The molecule has 0 fully saturated rings. The molecule has 4 heteroatoms. The Balaban J connectivity index is 1.98. The average Bonchev–Trinajstić information content (AvgIpc) is 2.51. The number of benzene rings is 3. The molecule has 108 valence electrons. The maximum atomic E-state index is 6.03. The summed E-state index contributed by atoms with van der Waals surface area (Å²) >= 11 is 5.94. The lowest BCUT2D eigenvalue weighted by molar-refractivity contribution is 0.477. The van der Waals surface area contributed by atoms with Crippen molar-refractivity contribution in [3.05, 3.63) is 74.8 Å². The molecule has 0 saturated carbocycles. The molecule has 3 aromatic carbocycles. The summed E-state index contributed by atoms with van der Waals surface area (Å²) in [6.07, 6.45) is 0. The van der Waals surface area contributed by atoms with E-state index in [4.69, 9.17) is 4.74 Å². The van der Waals surface area contributed by atoms with Crippen LogP contribution in [0.2, 0.25) is 0 Å². The fraction of sp³-hybridized carbons (Fsp3) is 0. The van der Waals surface area contributed by atoms with Gasteiger partial charge >= 0.3 is 0 Å². The zero-order valence-corrected chi connectivity index (χ0v) is 15.2. The van der Waals surface area contributed by atoms with Gasteiger partial charge in [-0.05, 0) is 65.1 Å². The quantitative estimate of drug-likeness (QED) is 0.294. The summed E-state index contributed by atoms with van der Waals surface area (Å²) in [5.74, 6) is 1.74. The lowest BCUT2D eigenvalue weighted by atomic mass is 10.1. The van der Waals surface area contributed by atoms with Crippen LogP contribution in [0.1, 0.15) is 0 Å². The smallest absolute Gasteiger partial charge is 0.151 e. The number of ether oxygens (including phenoxy) is 1. The fourth-order valence-corrected chi connectivity index (χ4v) is 4.21. The summed E-state index contributed by atoms with van der Waals surface area (Å²) in [4.78, 5) is 2.24. The van der Waals surface area contributed by atoms with Crippen LogP contribution in [-0.4, -0.2) is 0 Å². The van der Waals surface area contributed by atoms with Crippen molar-refractivity contribution in [3.8, 4) is 11.5 Å². The normalized spacial score (nSPS) is 12.4. The van der Waals surface area contributed by atoms with Crippen molar-refractivity contribution in [2.24, 2.45) is 0 Å². The number of hydrogen-bond donors (Lipinski definition) is 0. The molecule has 2 nitrogen and oxygen atoms in total. The van der Waals surface area contributed by atoms with E-state index in [2.05, 4.69) is 73.8 Å². The summed E-state index contributed by atoms with van der Waals surface area (Å²) in [7, 11) is 0. The molecule has 0 saturated heterocycles. The largest absolute Gasteiger partial charge is 0.453 e. The molecule has 1 heterocycles. The number of rotatable bonds is 1. The van der Waals surface area contributed by atoms with Crippen LogP contribution in [0, 0.1) is 3.57 Å². The molecule has 0 aromatic heterocycles. The van der Waals surface area contributed by atoms with Crippen molar-refractivity contribution in [2.45, 2.75) is 0 Å². The number of anilines is 3. The molecular weight excluding hydrogens is 453 g/mol. The van der Waals surface area contributed by atoms with Gasteiger partial charge < -0.3 is 9.64 Å². The van der Waals surface area contributed by atoms with Crippen LogP contribution >= 0.6 is 38.5 Å². The molecular formula is C18H11BrINO. The van der Waals surface area contributed by atoms with Gasteiger partial charge in [0.2, 0.25) is 0 Å².